The van der Waals surface area contributed by atoms with Gasteiger partial charge in [0.15, 0.2) is 9.84 Å². The predicted molar refractivity (Wildman–Crippen MR) is 82.1 cm³/mol. The second-order valence-corrected chi connectivity index (χ2v) is 7.12. The van der Waals surface area contributed by atoms with E-state index in [1.165, 1.54) is 19.1 Å². The van der Waals surface area contributed by atoms with Crippen molar-refractivity contribution in [2.45, 2.75) is 31.1 Å². The molecular formula is C15H25NO3S. The summed E-state index contributed by atoms with van der Waals surface area (Å²) in [5.41, 5.74) is 0. The molecule has 0 aliphatic carbocycles. The quantitative estimate of drug-likeness (QED) is 0.658. The number of sulfone groups is 1. The molecule has 0 radical (unpaired) electrons. The summed E-state index contributed by atoms with van der Waals surface area (Å²) in [4.78, 5) is 2.59. The van der Waals surface area contributed by atoms with Crippen LogP contribution in [0.2, 0.25) is 0 Å². The number of hydrogen-bond donors (Lipinski definition) is 0. The average Bonchev–Trinajstić information content (AvgIpc) is 2.41. The minimum Gasteiger partial charge on any atom is -0.494 e. The maximum Gasteiger partial charge on any atom is 0.175 e. The Balaban J connectivity index is 2.36. The Hall–Kier alpha value is -1.07. The molecule has 0 heterocycles. The van der Waals surface area contributed by atoms with E-state index in [4.69, 9.17) is 4.74 Å². The van der Waals surface area contributed by atoms with Crippen molar-refractivity contribution in [1.82, 2.24) is 4.90 Å². The van der Waals surface area contributed by atoms with Gasteiger partial charge in [0.05, 0.1) is 11.5 Å². The molecule has 0 N–H and O–H groups in total. The molecule has 20 heavy (non-hydrogen) atoms. The highest BCUT2D eigenvalue weighted by Crippen LogP contribution is 2.17. The standard InChI is InChI=1S/C15H25NO3S/c1-4-5-10-16(2)11-7-12-19-14-8-6-9-15(13-14)20(3,17)18/h6,8-9,13H,4-5,7,10-12H2,1-3H3. The maximum absolute atomic E-state index is 11.4. The minimum absolute atomic E-state index is 0.301. The number of nitrogens with zero attached hydrogens (tertiary/aromatic N) is 1. The number of benzene rings is 1. The van der Waals surface area contributed by atoms with Crippen LogP contribution in [0.5, 0.6) is 5.75 Å². The molecule has 5 heteroatoms. The molecule has 0 atom stereocenters. The number of rotatable bonds is 9. The van der Waals surface area contributed by atoms with Crippen LogP contribution in [0.25, 0.3) is 0 Å². The molecule has 0 aromatic heterocycles. The average molecular weight is 299 g/mol. The summed E-state index contributed by atoms with van der Waals surface area (Å²) in [6.45, 7) is 4.89. The van der Waals surface area contributed by atoms with Crippen LogP contribution in [0.1, 0.15) is 26.2 Å². The normalized spacial score (nSPS) is 11.8. The van der Waals surface area contributed by atoms with Gasteiger partial charge in [-0.15, -0.1) is 0 Å². The van der Waals surface area contributed by atoms with E-state index in [-0.39, 0.29) is 0 Å². The molecule has 4 nitrogen and oxygen atoms in total. The van der Waals surface area contributed by atoms with Crippen molar-refractivity contribution in [2.75, 3.05) is 33.0 Å². The summed E-state index contributed by atoms with van der Waals surface area (Å²) < 4.78 is 28.5. The third-order valence-corrected chi connectivity index (χ3v) is 4.19. The summed E-state index contributed by atoms with van der Waals surface area (Å²) in [7, 11) is -1.06. The Bertz CT molecular complexity index is 500. The Morgan fingerprint density at radius 1 is 1.20 bits per heavy atom. The van der Waals surface area contributed by atoms with Crippen molar-refractivity contribution in [3.05, 3.63) is 24.3 Å². The van der Waals surface area contributed by atoms with Gasteiger partial charge < -0.3 is 9.64 Å². The highest BCUT2D eigenvalue weighted by Gasteiger charge is 2.07. The SMILES string of the molecule is CCCCN(C)CCCOc1cccc(S(C)(=O)=O)c1. The van der Waals surface area contributed by atoms with E-state index in [0.717, 1.165) is 19.5 Å². The van der Waals surface area contributed by atoms with Crippen LogP contribution in [0.4, 0.5) is 0 Å². The van der Waals surface area contributed by atoms with Gasteiger partial charge in [-0.1, -0.05) is 19.4 Å². The van der Waals surface area contributed by atoms with E-state index in [0.29, 0.717) is 17.3 Å². The number of ether oxygens (including phenoxy) is 1. The molecule has 0 saturated heterocycles. The summed E-state index contributed by atoms with van der Waals surface area (Å²) in [6, 6.07) is 6.66. The van der Waals surface area contributed by atoms with E-state index < -0.39 is 9.84 Å². The largest absolute Gasteiger partial charge is 0.494 e. The lowest BCUT2D eigenvalue weighted by atomic mass is 10.3. The molecule has 1 aromatic carbocycles. The molecule has 0 aliphatic heterocycles. The molecular weight excluding hydrogens is 274 g/mol. The molecule has 0 bridgehead atoms. The fourth-order valence-electron chi connectivity index (χ4n) is 1.86. The third kappa shape index (κ3) is 6.39. The van der Waals surface area contributed by atoms with Crippen LogP contribution < -0.4 is 4.74 Å². The lowest BCUT2D eigenvalue weighted by Crippen LogP contribution is -2.22. The first-order chi connectivity index (χ1) is 9.43. The smallest absolute Gasteiger partial charge is 0.175 e. The summed E-state index contributed by atoms with van der Waals surface area (Å²) >= 11 is 0. The summed E-state index contributed by atoms with van der Waals surface area (Å²) in [5.74, 6) is 0.615. The molecule has 1 rings (SSSR count). The van der Waals surface area contributed by atoms with E-state index in [9.17, 15) is 8.42 Å². The zero-order valence-electron chi connectivity index (χ0n) is 12.6. The first kappa shape index (κ1) is 17.0. The van der Waals surface area contributed by atoms with Gasteiger partial charge in [0, 0.05) is 12.8 Å². The molecule has 114 valence electrons. The highest BCUT2D eigenvalue weighted by atomic mass is 32.2. The number of unbranched alkanes of at least 4 members (excludes halogenated alkanes) is 1. The fourth-order valence-corrected chi connectivity index (χ4v) is 2.51. The monoisotopic (exact) mass is 299 g/mol. The number of hydrogen-bond acceptors (Lipinski definition) is 4. The first-order valence-electron chi connectivity index (χ1n) is 7.05. The lowest BCUT2D eigenvalue weighted by molar-refractivity contribution is 0.260. The lowest BCUT2D eigenvalue weighted by Gasteiger charge is -2.16. The van der Waals surface area contributed by atoms with Gasteiger partial charge in [0.2, 0.25) is 0 Å². The molecule has 0 spiro atoms. The maximum atomic E-state index is 11.4. The van der Waals surface area contributed by atoms with Crippen LogP contribution in [-0.4, -0.2) is 46.3 Å². The van der Waals surface area contributed by atoms with Gasteiger partial charge in [-0.05, 0) is 44.6 Å². The molecule has 0 aliphatic rings. The van der Waals surface area contributed by atoms with E-state index in [2.05, 4.69) is 18.9 Å². The second-order valence-electron chi connectivity index (χ2n) is 5.11. The fraction of sp³-hybridized carbons (Fsp3) is 0.600. The summed E-state index contributed by atoms with van der Waals surface area (Å²) in [6.07, 6.45) is 4.56. The Kier molecular flexibility index (Phi) is 7.02. The molecule has 0 saturated carbocycles. The van der Waals surface area contributed by atoms with Crippen LogP contribution in [0.15, 0.2) is 29.2 Å². The first-order valence-corrected chi connectivity index (χ1v) is 8.94. The molecule has 0 amide bonds. The van der Waals surface area contributed by atoms with Gasteiger partial charge in [0.1, 0.15) is 5.75 Å². The van der Waals surface area contributed by atoms with Crippen LogP contribution in [0, 0.1) is 0 Å². The van der Waals surface area contributed by atoms with Crippen molar-refractivity contribution in [1.29, 1.82) is 0 Å². The van der Waals surface area contributed by atoms with Gasteiger partial charge in [-0.25, -0.2) is 8.42 Å². The van der Waals surface area contributed by atoms with E-state index in [1.54, 1.807) is 24.3 Å². The zero-order valence-corrected chi connectivity index (χ0v) is 13.4. The minimum atomic E-state index is -3.17. The second kappa shape index (κ2) is 8.27. The van der Waals surface area contributed by atoms with Gasteiger partial charge in [-0.2, -0.15) is 0 Å². The van der Waals surface area contributed by atoms with Crippen LogP contribution in [0.3, 0.4) is 0 Å². The molecule has 0 fully saturated rings. The van der Waals surface area contributed by atoms with Crippen LogP contribution in [-0.2, 0) is 9.84 Å². The molecule has 1 aromatic rings. The van der Waals surface area contributed by atoms with Gasteiger partial charge in [-0.3, -0.25) is 0 Å². The summed E-state index contributed by atoms with van der Waals surface area (Å²) in [5, 5.41) is 0. The van der Waals surface area contributed by atoms with E-state index >= 15 is 0 Å². The molecule has 0 unspecified atom stereocenters. The Morgan fingerprint density at radius 2 is 1.90 bits per heavy atom. The van der Waals surface area contributed by atoms with Gasteiger partial charge in [0.25, 0.3) is 0 Å². The topological polar surface area (TPSA) is 46.6 Å². The van der Waals surface area contributed by atoms with Crippen molar-refractivity contribution in [2.24, 2.45) is 0 Å². The van der Waals surface area contributed by atoms with Crippen molar-refractivity contribution >= 4 is 9.84 Å². The van der Waals surface area contributed by atoms with Gasteiger partial charge >= 0.3 is 0 Å². The Labute approximate surface area is 122 Å². The van der Waals surface area contributed by atoms with E-state index in [1.807, 2.05) is 0 Å². The Morgan fingerprint density at radius 3 is 2.55 bits per heavy atom. The van der Waals surface area contributed by atoms with Crippen molar-refractivity contribution in [3.8, 4) is 5.75 Å². The highest BCUT2D eigenvalue weighted by molar-refractivity contribution is 7.90. The zero-order chi connectivity index (χ0) is 15.0. The van der Waals surface area contributed by atoms with Crippen molar-refractivity contribution in [3.63, 3.8) is 0 Å². The van der Waals surface area contributed by atoms with Crippen LogP contribution >= 0.6 is 0 Å². The predicted octanol–water partition coefficient (Wildman–Crippen LogP) is 2.59. The van der Waals surface area contributed by atoms with Crippen molar-refractivity contribution < 1.29 is 13.2 Å². The third-order valence-electron chi connectivity index (χ3n) is 3.08.